The second-order valence-electron chi connectivity index (χ2n) is 18.4. The van der Waals surface area contributed by atoms with E-state index < -0.39 is 93.3 Å². The van der Waals surface area contributed by atoms with Gasteiger partial charge in [-0.15, -0.1) is 0 Å². The van der Waals surface area contributed by atoms with Gasteiger partial charge >= 0.3 is 5.97 Å². The van der Waals surface area contributed by atoms with Gasteiger partial charge in [0.2, 0.25) is 35.4 Å². The number of carboxylic acid groups (broad SMARTS) is 1. The topological polar surface area (TPSA) is 315 Å². The van der Waals surface area contributed by atoms with Crippen LogP contribution in [0.25, 0.3) is 0 Å². The van der Waals surface area contributed by atoms with Crippen LogP contribution < -0.4 is 44.2 Å². The van der Waals surface area contributed by atoms with E-state index in [0.717, 1.165) is 0 Å². The lowest BCUT2D eigenvalue weighted by molar-refractivity contribution is -0.146. The first-order valence-corrected chi connectivity index (χ1v) is 24.4. The molecular formula is C42H76N10O9S2. The van der Waals surface area contributed by atoms with Crippen LogP contribution in [-0.2, 0) is 38.4 Å². The molecule has 21 heteroatoms. The smallest absolute Gasteiger partial charge is 0.326 e. The number of carbonyl (C=O) groups excluding carboxylic acids is 7. The van der Waals surface area contributed by atoms with E-state index in [4.69, 9.17) is 22.9 Å². The Labute approximate surface area is 381 Å². The Balaban J connectivity index is 2.18. The molecule has 2 fully saturated rings. The molecule has 360 valence electrons. The number of rotatable bonds is 27. The van der Waals surface area contributed by atoms with Crippen molar-refractivity contribution in [1.82, 2.24) is 31.1 Å². The SMILES string of the molecule is CC(C)[C@H](N)C(=O)N1CCC[C@H]1C(=O)N[C@@H](CCCCN)C(=O)N[C@@H](C=O)C(C)(C)SSC(C)(C)[C@@H](N)C(=O)N[C@@H](CCCCN)C(=O)N1CCC[C@H]1C(=O)N[C@H](C(=O)O)C(C)C. The Morgan fingerprint density at radius 3 is 1.65 bits per heavy atom. The molecule has 0 aliphatic carbocycles. The second kappa shape index (κ2) is 25.8. The molecule has 63 heavy (non-hydrogen) atoms. The van der Waals surface area contributed by atoms with Gasteiger partial charge in [-0.05, 0) is 117 Å². The molecular weight excluding hydrogens is 853 g/mol. The number of nitrogens with two attached hydrogens (primary N) is 4. The molecule has 0 saturated carbocycles. The number of nitrogens with one attached hydrogen (secondary N) is 4. The summed E-state index contributed by atoms with van der Waals surface area (Å²) in [6.45, 7) is 15.4. The molecule has 8 atom stereocenters. The average molecular weight is 929 g/mol. The lowest BCUT2D eigenvalue weighted by Gasteiger charge is -2.37. The molecule has 2 rings (SSSR count). The Hall–Kier alpha value is -3.50. The van der Waals surface area contributed by atoms with Gasteiger partial charge in [0.05, 0.1) is 18.1 Å². The quantitative estimate of drug-likeness (QED) is 0.0305. The molecule has 0 aromatic carbocycles. The number of nitrogens with zero attached hydrogens (tertiary/aromatic N) is 2. The van der Waals surface area contributed by atoms with Crippen LogP contribution in [0.15, 0.2) is 0 Å². The van der Waals surface area contributed by atoms with Gasteiger partial charge in [-0.2, -0.15) is 0 Å². The summed E-state index contributed by atoms with van der Waals surface area (Å²) in [6.07, 6.45) is 5.19. The molecule has 0 spiro atoms. The number of unbranched alkanes of at least 4 members (excludes halogenated alkanes) is 2. The van der Waals surface area contributed by atoms with Crippen LogP contribution in [0.1, 0.15) is 120 Å². The minimum absolute atomic E-state index is 0.127. The summed E-state index contributed by atoms with van der Waals surface area (Å²) < 4.78 is -1.96. The van der Waals surface area contributed by atoms with Gasteiger partial charge in [0, 0.05) is 22.6 Å². The van der Waals surface area contributed by atoms with Crippen LogP contribution in [0, 0.1) is 11.8 Å². The summed E-state index contributed by atoms with van der Waals surface area (Å²) in [5.41, 5.74) is 24.2. The number of hydrogen-bond donors (Lipinski definition) is 9. The summed E-state index contributed by atoms with van der Waals surface area (Å²) >= 11 is 0. The Kier molecular flexibility index (Phi) is 22.8. The van der Waals surface area contributed by atoms with Gasteiger partial charge in [0.15, 0.2) is 0 Å². The standard InChI is InChI=1S/C42H76N10O9S2/c1-24(2)31(45)39(59)52-22-14-17-28(52)35(55)47-26(15-9-11-19-43)34(54)49-30(23-53)41(5,6)62-63-42(7,8)33(46)37(57)48-27(16-10-12-20-44)38(58)51-21-13-18-29(51)36(56)50-32(25(3)4)40(60)61/h23-33H,9-22,43-46H2,1-8H3,(H,47,55)(H,48,57)(H,49,54)(H,50,56)(H,60,61)/t26-,27-,28-,29-,30-,31-,32-,33-/m0/s1. The third kappa shape index (κ3) is 16.2. The number of amides is 6. The first-order chi connectivity index (χ1) is 29.4. The molecule has 6 amide bonds. The summed E-state index contributed by atoms with van der Waals surface area (Å²) in [6, 6.07) is -7.85. The van der Waals surface area contributed by atoms with Crippen molar-refractivity contribution in [1.29, 1.82) is 0 Å². The van der Waals surface area contributed by atoms with Crippen LogP contribution in [0.2, 0.25) is 0 Å². The number of likely N-dealkylation sites (tertiary alicyclic amines) is 2. The van der Waals surface area contributed by atoms with Crippen LogP contribution >= 0.6 is 21.6 Å². The van der Waals surface area contributed by atoms with Crippen molar-refractivity contribution in [3.8, 4) is 0 Å². The number of carbonyl (C=O) groups is 8. The Morgan fingerprint density at radius 1 is 0.683 bits per heavy atom. The zero-order valence-electron chi connectivity index (χ0n) is 38.5. The number of aliphatic carboxylic acids is 1. The van der Waals surface area contributed by atoms with Crippen LogP contribution in [0.4, 0.5) is 0 Å². The highest BCUT2D eigenvalue weighted by atomic mass is 33.1. The highest BCUT2D eigenvalue weighted by Crippen LogP contribution is 2.46. The Morgan fingerprint density at radius 2 is 1.17 bits per heavy atom. The van der Waals surface area contributed by atoms with Crippen molar-refractivity contribution in [3.05, 3.63) is 0 Å². The zero-order chi connectivity index (χ0) is 47.8. The van der Waals surface area contributed by atoms with Crippen LogP contribution in [0.5, 0.6) is 0 Å². The number of hydrogen-bond acceptors (Lipinski definition) is 14. The molecule has 19 nitrogen and oxygen atoms in total. The maximum absolute atomic E-state index is 14.0. The molecule has 2 aliphatic heterocycles. The van der Waals surface area contributed by atoms with Crippen molar-refractivity contribution in [2.24, 2.45) is 34.8 Å². The van der Waals surface area contributed by atoms with Gasteiger partial charge in [0.25, 0.3) is 0 Å². The maximum Gasteiger partial charge on any atom is 0.326 e. The molecule has 2 heterocycles. The van der Waals surface area contributed by atoms with E-state index >= 15 is 0 Å². The van der Waals surface area contributed by atoms with E-state index in [1.54, 1.807) is 41.5 Å². The molecule has 13 N–H and O–H groups in total. The van der Waals surface area contributed by atoms with E-state index in [2.05, 4.69) is 21.3 Å². The molecule has 0 aromatic heterocycles. The third-order valence-electron chi connectivity index (χ3n) is 11.7. The fourth-order valence-corrected chi connectivity index (χ4v) is 10.1. The monoisotopic (exact) mass is 929 g/mol. The van der Waals surface area contributed by atoms with Crippen LogP contribution in [0.3, 0.4) is 0 Å². The van der Waals surface area contributed by atoms with Crippen molar-refractivity contribution >= 4 is 69.3 Å². The van der Waals surface area contributed by atoms with Crippen molar-refractivity contribution in [2.45, 2.75) is 177 Å². The lowest BCUT2D eigenvalue weighted by Crippen LogP contribution is -2.59. The zero-order valence-corrected chi connectivity index (χ0v) is 40.1. The fraction of sp³-hybridized carbons (Fsp3) is 0.810. The van der Waals surface area contributed by atoms with Gasteiger partial charge in [-0.3, -0.25) is 28.8 Å². The molecule has 0 bridgehead atoms. The maximum atomic E-state index is 14.0. The van der Waals surface area contributed by atoms with Crippen molar-refractivity contribution in [3.63, 3.8) is 0 Å². The van der Waals surface area contributed by atoms with Gasteiger partial charge < -0.3 is 63.9 Å². The predicted molar refractivity (Wildman–Crippen MR) is 246 cm³/mol. The van der Waals surface area contributed by atoms with Crippen molar-refractivity contribution in [2.75, 3.05) is 26.2 Å². The van der Waals surface area contributed by atoms with E-state index in [0.29, 0.717) is 77.3 Å². The number of carboxylic acids is 1. The van der Waals surface area contributed by atoms with E-state index in [1.807, 2.05) is 13.8 Å². The lowest BCUT2D eigenvalue weighted by atomic mass is 10.0. The Bertz CT molecular complexity index is 1590. The first kappa shape index (κ1) is 55.6. The largest absolute Gasteiger partial charge is 0.480 e. The van der Waals surface area contributed by atoms with E-state index in [9.17, 15) is 43.5 Å². The average Bonchev–Trinajstić information content (AvgIpc) is 3.93. The fourth-order valence-electron chi connectivity index (χ4n) is 7.35. The minimum atomic E-state index is -1.18. The second-order valence-corrected chi connectivity index (χ2v) is 21.8. The van der Waals surface area contributed by atoms with Gasteiger partial charge in [0.1, 0.15) is 36.5 Å². The van der Waals surface area contributed by atoms with Gasteiger partial charge in [-0.25, -0.2) is 4.79 Å². The highest BCUT2D eigenvalue weighted by molar-refractivity contribution is 8.77. The highest BCUT2D eigenvalue weighted by Gasteiger charge is 2.43. The summed E-state index contributed by atoms with van der Waals surface area (Å²) in [7, 11) is 2.46. The van der Waals surface area contributed by atoms with Gasteiger partial charge in [-0.1, -0.05) is 49.3 Å². The summed E-state index contributed by atoms with van der Waals surface area (Å²) in [5.74, 6) is -4.74. The summed E-state index contributed by atoms with van der Waals surface area (Å²) in [4.78, 5) is 109. The van der Waals surface area contributed by atoms with Crippen molar-refractivity contribution < 1.29 is 43.5 Å². The van der Waals surface area contributed by atoms with Crippen LogP contribution in [-0.4, -0.2) is 147 Å². The molecule has 0 unspecified atom stereocenters. The molecule has 2 saturated heterocycles. The molecule has 0 radical (unpaired) electrons. The summed E-state index contributed by atoms with van der Waals surface area (Å²) in [5, 5.41) is 20.6. The van der Waals surface area contributed by atoms with E-state index in [-0.39, 0.29) is 37.1 Å². The normalized spacial score (nSPS) is 19.8. The van der Waals surface area contributed by atoms with E-state index in [1.165, 1.54) is 31.4 Å². The molecule has 2 aliphatic rings. The minimum Gasteiger partial charge on any atom is -0.480 e. The molecule has 0 aromatic rings. The third-order valence-corrected chi connectivity index (χ3v) is 16.0. The number of aldehydes is 1. The predicted octanol–water partition coefficient (Wildman–Crippen LogP) is 0.354. The first-order valence-electron chi connectivity index (χ1n) is 22.2.